The van der Waals surface area contributed by atoms with E-state index in [2.05, 4.69) is 4.98 Å². The Hall–Kier alpha value is -1.14. The second-order valence-electron chi connectivity index (χ2n) is 3.09. The molecular weight excluding hydrogens is 244 g/mol. The fraction of sp³-hybridized carbons (Fsp3) is 0.300. The van der Waals surface area contributed by atoms with Crippen LogP contribution in [0.5, 0.6) is 0 Å². The van der Waals surface area contributed by atoms with Crippen LogP contribution in [0.4, 0.5) is 0 Å². The van der Waals surface area contributed by atoms with Crippen molar-refractivity contribution in [2.75, 3.05) is 0 Å². The van der Waals surface area contributed by atoms with Gasteiger partial charge in [-0.25, -0.2) is 0 Å². The van der Waals surface area contributed by atoms with Gasteiger partial charge < -0.3 is 10.8 Å². The number of hydrogen-bond acceptors (Lipinski definition) is 4. The normalized spacial score (nSPS) is 12.1. The Bertz CT molecular complexity index is 410. The van der Waals surface area contributed by atoms with Crippen molar-refractivity contribution < 1.29 is 9.90 Å². The average molecular weight is 256 g/mol. The van der Waals surface area contributed by atoms with Gasteiger partial charge in [-0.05, 0) is 18.6 Å². The molecule has 1 rings (SSSR count). The number of hydrogen-bond donors (Lipinski definition) is 2. The van der Waals surface area contributed by atoms with Gasteiger partial charge in [0.1, 0.15) is 10.2 Å². The molecule has 16 heavy (non-hydrogen) atoms. The Labute approximate surface area is 103 Å². The standard InChI is InChI=1S/C10H12N2O2S2/c1-2-8(10(13)14)16-6-3-4-12-7(5-6)9(11)15/h3-5,8H,2H2,1H3,(H2,11,15)(H,13,14). The van der Waals surface area contributed by atoms with Gasteiger partial charge in [0, 0.05) is 11.1 Å². The summed E-state index contributed by atoms with van der Waals surface area (Å²) in [5.41, 5.74) is 5.96. The van der Waals surface area contributed by atoms with Crippen molar-refractivity contribution in [1.29, 1.82) is 0 Å². The molecule has 0 fully saturated rings. The molecule has 0 radical (unpaired) electrons. The van der Waals surface area contributed by atoms with Crippen molar-refractivity contribution in [3.8, 4) is 0 Å². The summed E-state index contributed by atoms with van der Waals surface area (Å²) in [5, 5.41) is 8.47. The van der Waals surface area contributed by atoms with Crippen LogP contribution < -0.4 is 5.73 Å². The average Bonchev–Trinajstić information content (AvgIpc) is 2.25. The maximum atomic E-state index is 10.9. The van der Waals surface area contributed by atoms with Gasteiger partial charge in [-0.2, -0.15) is 0 Å². The lowest BCUT2D eigenvalue weighted by molar-refractivity contribution is -0.136. The number of pyridine rings is 1. The SMILES string of the molecule is CCC(Sc1ccnc(C(N)=S)c1)C(=O)O. The predicted octanol–water partition coefficient (Wildman–Crippen LogP) is 1.67. The first kappa shape index (κ1) is 12.9. The molecule has 0 amide bonds. The number of carboxylic acids is 1. The fourth-order valence-electron chi connectivity index (χ4n) is 1.09. The van der Waals surface area contributed by atoms with Gasteiger partial charge in [0.05, 0.1) is 5.69 Å². The predicted molar refractivity (Wildman–Crippen MR) is 67.7 cm³/mol. The van der Waals surface area contributed by atoms with E-state index >= 15 is 0 Å². The van der Waals surface area contributed by atoms with E-state index in [1.165, 1.54) is 11.8 Å². The smallest absolute Gasteiger partial charge is 0.316 e. The van der Waals surface area contributed by atoms with E-state index < -0.39 is 11.2 Å². The molecule has 1 aromatic heterocycles. The third-order valence-corrected chi connectivity index (χ3v) is 3.46. The zero-order valence-electron chi connectivity index (χ0n) is 8.71. The lowest BCUT2D eigenvalue weighted by atomic mass is 10.3. The van der Waals surface area contributed by atoms with Crippen molar-refractivity contribution in [1.82, 2.24) is 4.98 Å². The van der Waals surface area contributed by atoms with Gasteiger partial charge in [-0.3, -0.25) is 9.78 Å². The highest BCUT2D eigenvalue weighted by molar-refractivity contribution is 8.00. The Morgan fingerprint density at radius 1 is 1.75 bits per heavy atom. The Morgan fingerprint density at radius 2 is 2.44 bits per heavy atom. The zero-order chi connectivity index (χ0) is 12.1. The number of thioether (sulfide) groups is 1. The van der Waals surface area contributed by atoms with Crippen LogP contribution in [-0.4, -0.2) is 26.3 Å². The van der Waals surface area contributed by atoms with Crippen LogP contribution in [0.25, 0.3) is 0 Å². The van der Waals surface area contributed by atoms with Crippen molar-refractivity contribution in [2.24, 2.45) is 5.73 Å². The molecular formula is C10H12N2O2S2. The molecule has 0 saturated carbocycles. The summed E-state index contributed by atoms with van der Waals surface area (Å²) in [6.45, 7) is 1.83. The number of nitrogens with zero attached hydrogens (tertiary/aromatic N) is 1. The number of carbonyl (C=O) groups is 1. The van der Waals surface area contributed by atoms with Crippen molar-refractivity contribution in [3.05, 3.63) is 24.0 Å². The van der Waals surface area contributed by atoms with E-state index in [-0.39, 0.29) is 4.99 Å². The third kappa shape index (κ3) is 3.46. The lowest BCUT2D eigenvalue weighted by Crippen LogP contribution is -2.15. The minimum absolute atomic E-state index is 0.214. The summed E-state index contributed by atoms with van der Waals surface area (Å²) in [6.07, 6.45) is 2.14. The van der Waals surface area contributed by atoms with Crippen LogP contribution >= 0.6 is 24.0 Å². The van der Waals surface area contributed by atoms with E-state index in [1.54, 1.807) is 18.3 Å². The summed E-state index contributed by atoms with van der Waals surface area (Å²) in [5.74, 6) is -0.818. The molecule has 1 unspecified atom stereocenters. The number of thiocarbonyl (C=S) groups is 1. The monoisotopic (exact) mass is 256 g/mol. The highest BCUT2D eigenvalue weighted by Gasteiger charge is 2.16. The molecule has 4 nitrogen and oxygen atoms in total. The number of nitrogens with two attached hydrogens (primary N) is 1. The number of aliphatic carboxylic acids is 1. The summed E-state index contributed by atoms with van der Waals surface area (Å²) in [4.78, 5) is 15.9. The van der Waals surface area contributed by atoms with Gasteiger partial charge in [0.25, 0.3) is 0 Å². The number of rotatable bonds is 5. The van der Waals surface area contributed by atoms with Crippen LogP contribution in [-0.2, 0) is 4.79 Å². The largest absolute Gasteiger partial charge is 0.480 e. The molecule has 0 aromatic carbocycles. The maximum absolute atomic E-state index is 10.9. The minimum Gasteiger partial charge on any atom is -0.480 e. The maximum Gasteiger partial charge on any atom is 0.316 e. The van der Waals surface area contributed by atoms with Crippen LogP contribution in [0.1, 0.15) is 19.0 Å². The van der Waals surface area contributed by atoms with Gasteiger partial charge in [0.15, 0.2) is 0 Å². The van der Waals surface area contributed by atoms with E-state index in [0.717, 1.165) is 4.90 Å². The van der Waals surface area contributed by atoms with Crippen LogP contribution in [0, 0.1) is 0 Å². The Kier molecular flexibility index (Phi) is 4.70. The van der Waals surface area contributed by atoms with Gasteiger partial charge in [-0.1, -0.05) is 19.1 Å². The Balaban J connectivity index is 2.84. The van der Waals surface area contributed by atoms with Crippen LogP contribution in [0.15, 0.2) is 23.2 Å². The van der Waals surface area contributed by atoms with E-state index in [1.807, 2.05) is 6.92 Å². The molecule has 3 N–H and O–H groups in total. The second-order valence-corrected chi connectivity index (χ2v) is 4.81. The van der Waals surface area contributed by atoms with Crippen molar-refractivity contribution in [3.63, 3.8) is 0 Å². The first-order valence-corrected chi connectivity index (χ1v) is 5.98. The topological polar surface area (TPSA) is 76.2 Å². The molecule has 1 aromatic rings. The molecule has 1 heterocycles. The molecule has 0 aliphatic carbocycles. The molecule has 86 valence electrons. The molecule has 6 heteroatoms. The first-order chi connectivity index (χ1) is 7.54. The van der Waals surface area contributed by atoms with Crippen molar-refractivity contribution in [2.45, 2.75) is 23.5 Å². The summed E-state index contributed by atoms with van der Waals surface area (Å²) in [6, 6.07) is 3.46. The first-order valence-electron chi connectivity index (χ1n) is 4.70. The third-order valence-electron chi connectivity index (χ3n) is 1.91. The number of aromatic nitrogens is 1. The summed E-state index contributed by atoms with van der Waals surface area (Å²) < 4.78 is 0. The van der Waals surface area contributed by atoms with Crippen LogP contribution in [0.3, 0.4) is 0 Å². The van der Waals surface area contributed by atoms with Gasteiger partial charge in [-0.15, -0.1) is 11.8 Å². The van der Waals surface area contributed by atoms with E-state index in [4.69, 9.17) is 23.1 Å². The highest BCUT2D eigenvalue weighted by Crippen LogP contribution is 2.25. The molecule has 0 spiro atoms. The molecule has 0 aliphatic heterocycles. The quantitative estimate of drug-likeness (QED) is 0.616. The summed E-state index contributed by atoms with van der Waals surface area (Å²) in [7, 11) is 0. The molecule has 0 bridgehead atoms. The number of carboxylic acid groups (broad SMARTS) is 1. The molecule has 1 atom stereocenters. The van der Waals surface area contributed by atoms with E-state index in [0.29, 0.717) is 12.1 Å². The fourth-order valence-corrected chi connectivity index (χ4v) is 2.12. The molecule has 0 aliphatic rings. The highest BCUT2D eigenvalue weighted by atomic mass is 32.2. The van der Waals surface area contributed by atoms with Gasteiger partial charge in [0.2, 0.25) is 0 Å². The van der Waals surface area contributed by atoms with E-state index in [9.17, 15) is 4.79 Å². The minimum atomic E-state index is -0.818. The molecule has 0 saturated heterocycles. The zero-order valence-corrected chi connectivity index (χ0v) is 10.3. The van der Waals surface area contributed by atoms with Crippen molar-refractivity contribution >= 4 is 34.9 Å². The van der Waals surface area contributed by atoms with Crippen LogP contribution in [0.2, 0.25) is 0 Å². The Morgan fingerprint density at radius 3 is 2.94 bits per heavy atom. The lowest BCUT2D eigenvalue weighted by Gasteiger charge is -2.09. The second kappa shape index (κ2) is 5.81. The summed E-state index contributed by atoms with van der Waals surface area (Å²) >= 11 is 6.08. The van der Waals surface area contributed by atoms with Gasteiger partial charge >= 0.3 is 5.97 Å².